The first-order valence-corrected chi connectivity index (χ1v) is 6.84. The fraction of sp³-hybridized carbons (Fsp3) is 0.923. The Kier molecular flexibility index (Phi) is 22.2. The molecule has 0 aromatic carbocycles. The van der Waals surface area contributed by atoms with Crippen molar-refractivity contribution >= 4 is 6.41 Å². The van der Waals surface area contributed by atoms with Crippen LogP contribution in [0.3, 0.4) is 0 Å². The third kappa shape index (κ3) is 43.3. The Morgan fingerprint density at radius 3 is 1.80 bits per heavy atom. The summed E-state index contributed by atoms with van der Waals surface area (Å²) in [6.45, 7) is 6.48. The summed E-state index contributed by atoms with van der Waals surface area (Å²) < 4.78 is 0. The summed E-state index contributed by atoms with van der Waals surface area (Å²) in [6, 6.07) is 0.323. The van der Waals surface area contributed by atoms with Crippen LogP contribution in [0.25, 0.3) is 0 Å². The van der Waals surface area contributed by atoms with Crippen molar-refractivity contribution in [2.75, 3.05) is 27.2 Å². The summed E-state index contributed by atoms with van der Waals surface area (Å²) in [5, 5.41) is 19.9. The zero-order chi connectivity index (χ0) is 16.6. The lowest BCUT2D eigenvalue weighted by Gasteiger charge is -2.07. The van der Waals surface area contributed by atoms with Gasteiger partial charge in [0.25, 0.3) is 0 Å². The molecule has 20 heavy (non-hydrogen) atoms. The van der Waals surface area contributed by atoms with Gasteiger partial charge in [-0.15, -0.1) is 0 Å². The molecule has 0 fully saturated rings. The summed E-state index contributed by atoms with van der Waals surface area (Å²) in [7, 11) is 3.38. The van der Waals surface area contributed by atoms with Crippen molar-refractivity contribution in [3.63, 3.8) is 0 Å². The summed E-state index contributed by atoms with van der Waals surface area (Å²) in [5.74, 6) is 0. The molecule has 0 radical (unpaired) electrons. The minimum atomic E-state index is -0.524. The molecule has 0 aliphatic heterocycles. The molecule has 124 valence electrons. The van der Waals surface area contributed by atoms with Crippen LogP contribution in [0, 0.1) is 0 Å². The fourth-order valence-electron chi connectivity index (χ4n) is 0.781. The highest BCUT2D eigenvalue weighted by Gasteiger charge is 1.95. The Balaban J connectivity index is -0.000000223. The first kappa shape index (κ1) is 24.3. The maximum Gasteiger partial charge on any atom is 0.209 e. The first-order chi connectivity index (χ1) is 9.17. The summed E-state index contributed by atoms with van der Waals surface area (Å²) in [5.41, 5.74) is 10.6. The average molecular weight is 294 g/mol. The molecule has 3 atom stereocenters. The van der Waals surface area contributed by atoms with Crippen molar-refractivity contribution in [3.8, 4) is 0 Å². The largest absolute Gasteiger partial charge is 0.392 e. The zero-order valence-electron chi connectivity index (χ0n) is 13.5. The fourth-order valence-corrected chi connectivity index (χ4v) is 0.781. The standard InChI is InChI=1S/C5H14N2.C5H13NO2.C3H7NO/c1-5(7)3-2-4-6;1-4(7)3-6-5(2)8;1-4(2)3-5/h5H,2-4,6-7H2,1H3;4-8H,3H2,1-2H3;3H,1-2H3. The molecule has 0 bridgehead atoms. The van der Waals surface area contributed by atoms with Gasteiger partial charge in [0.1, 0.15) is 6.23 Å². The molecule has 7 nitrogen and oxygen atoms in total. The van der Waals surface area contributed by atoms with Crippen molar-refractivity contribution in [2.24, 2.45) is 11.5 Å². The van der Waals surface area contributed by atoms with Crippen molar-refractivity contribution in [3.05, 3.63) is 0 Å². The van der Waals surface area contributed by atoms with E-state index in [9.17, 15) is 4.79 Å². The normalized spacial score (nSPS) is 13.8. The van der Waals surface area contributed by atoms with Crippen molar-refractivity contribution < 1.29 is 15.0 Å². The minimum absolute atomic E-state index is 0.323. The van der Waals surface area contributed by atoms with E-state index in [2.05, 4.69) is 5.32 Å². The number of rotatable bonds is 7. The molecule has 0 aliphatic carbocycles. The number of nitrogens with one attached hydrogen (secondary N) is 1. The summed E-state index contributed by atoms with van der Waals surface area (Å²) in [4.78, 5) is 10.9. The minimum Gasteiger partial charge on any atom is -0.392 e. The van der Waals surface area contributed by atoms with E-state index in [0.29, 0.717) is 12.6 Å². The number of nitrogens with zero attached hydrogens (tertiary/aromatic N) is 1. The molecule has 0 aromatic rings. The SMILES string of the molecule is CC(N)CCCN.CC(O)CNC(C)O.CN(C)C=O. The molecule has 0 saturated heterocycles. The molecule has 7 heteroatoms. The number of carbonyl (C=O) groups excluding carboxylic acids is 1. The Hall–Kier alpha value is -0.730. The highest BCUT2D eigenvalue weighted by Crippen LogP contribution is 1.88. The Bertz CT molecular complexity index is 180. The highest BCUT2D eigenvalue weighted by molar-refractivity contribution is 5.45. The molecule has 3 unspecified atom stereocenters. The maximum absolute atomic E-state index is 9.43. The van der Waals surface area contributed by atoms with E-state index in [1.54, 1.807) is 27.9 Å². The van der Waals surface area contributed by atoms with Crippen molar-refractivity contribution in [1.82, 2.24) is 10.2 Å². The van der Waals surface area contributed by atoms with Crippen LogP contribution in [0.5, 0.6) is 0 Å². The second-order valence-electron chi connectivity index (χ2n) is 4.91. The number of nitrogens with two attached hydrogens (primary N) is 2. The third-order valence-corrected chi connectivity index (χ3v) is 1.78. The molecule has 7 N–H and O–H groups in total. The molecule has 0 aliphatic rings. The van der Waals surface area contributed by atoms with Gasteiger partial charge in [-0.05, 0) is 40.2 Å². The maximum atomic E-state index is 9.43. The van der Waals surface area contributed by atoms with Gasteiger partial charge in [0.2, 0.25) is 6.41 Å². The van der Waals surface area contributed by atoms with E-state index in [-0.39, 0.29) is 6.10 Å². The first-order valence-electron chi connectivity index (χ1n) is 6.84. The van der Waals surface area contributed by atoms with Gasteiger partial charge in [-0.3, -0.25) is 10.1 Å². The molecule has 1 amide bonds. The molecular formula is C13H34N4O3. The second kappa shape index (κ2) is 18.3. The second-order valence-corrected chi connectivity index (χ2v) is 4.91. The van der Waals surface area contributed by atoms with Crippen LogP contribution in [0.4, 0.5) is 0 Å². The van der Waals surface area contributed by atoms with Gasteiger partial charge in [-0.25, -0.2) is 0 Å². The van der Waals surface area contributed by atoms with Gasteiger partial charge in [0.15, 0.2) is 0 Å². The molecule has 0 spiro atoms. The van der Waals surface area contributed by atoms with Crippen LogP contribution in [0.2, 0.25) is 0 Å². The van der Waals surface area contributed by atoms with E-state index < -0.39 is 6.23 Å². The Labute approximate surface area is 123 Å². The number of hydrogen-bond donors (Lipinski definition) is 5. The summed E-state index contributed by atoms with van der Waals surface area (Å²) >= 11 is 0. The quantitative estimate of drug-likeness (QED) is 0.305. The van der Waals surface area contributed by atoms with E-state index in [4.69, 9.17) is 21.7 Å². The average Bonchev–Trinajstić information content (AvgIpc) is 2.35. The van der Waals surface area contributed by atoms with Crippen LogP contribution in [-0.2, 0) is 4.79 Å². The summed E-state index contributed by atoms with van der Waals surface area (Å²) in [6.07, 6.45) is 1.95. The van der Waals surface area contributed by atoms with Crippen LogP contribution < -0.4 is 16.8 Å². The van der Waals surface area contributed by atoms with Gasteiger partial charge in [-0.2, -0.15) is 0 Å². The molecule has 0 aromatic heterocycles. The van der Waals surface area contributed by atoms with Crippen LogP contribution in [-0.4, -0.2) is 67.1 Å². The van der Waals surface area contributed by atoms with Crippen LogP contribution in [0.1, 0.15) is 33.6 Å². The lowest BCUT2D eigenvalue weighted by Crippen LogP contribution is -2.31. The smallest absolute Gasteiger partial charge is 0.209 e. The van der Waals surface area contributed by atoms with Crippen molar-refractivity contribution in [1.29, 1.82) is 0 Å². The predicted molar refractivity (Wildman–Crippen MR) is 83.1 cm³/mol. The lowest BCUT2D eigenvalue weighted by atomic mass is 10.2. The molecule has 0 saturated carbocycles. The van der Waals surface area contributed by atoms with Gasteiger partial charge >= 0.3 is 0 Å². The monoisotopic (exact) mass is 294 g/mol. The number of aliphatic hydroxyl groups is 2. The van der Waals surface area contributed by atoms with E-state index >= 15 is 0 Å². The van der Waals surface area contributed by atoms with E-state index in [0.717, 1.165) is 25.8 Å². The zero-order valence-corrected chi connectivity index (χ0v) is 13.5. The third-order valence-electron chi connectivity index (χ3n) is 1.78. The lowest BCUT2D eigenvalue weighted by molar-refractivity contribution is -0.115. The molecule has 0 heterocycles. The van der Waals surface area contributed by atoms with Gasteiger partial charge in [-0.1, -0.05) is 0 Å². The number of hydrogen-bond acceptors (Lipinski definition) is 6. The van der Waals surface area contributed by atoms with Gasteiger partial charge in [0, 0.05) is 26.7 Å². The number of carbonyl (C=O) groups is 1. The van der Waals surface area contributed by atoms with E-state index in [1.807, 2.05) is 6.92 Å². The Morgan fingerprint density at radius 2 is 1.70 bits per heavy atom. The number of amides is 1. The molecular weight excluding hydrogens is 260 g/mol. The number of aliphatic hydroxyl groups excluding tert-OH is 2. The van der Waals surface area contributed by atoms with E-state index in [1.165, 1.54) is 4.90 Å². The van der Waals surface area contributed by atoms with Crippen LogP contribution in [0.15, 0.2) is 0 Å². The topological polar surface area (TPSA) is 125 Å². The predicted octanol–water partition coefficient (Wildman–Crippen LogP) is -0.928. The highest BCUT2D eigenvalue weighted by atomic mass is 16.3. The van der Waals surface area contributed by atoms with Gasteiger partial charge in [0.05, 0.1) is 6.10 Å². The van der Waals surface area contributed by atoms with Gasteiger partial charge < -0.3 is 26.6 Å². The molecule has 0 rings (SSSR count). The van der Waals surface area contributed by atoms with Crippen molar-refractivity contribution in [2.45, 2.75) is 52.0 Å². The van der Waals surface area contributed by atoms with Crippen LogP contribution >= 0.6 is 0 Å². The Morgan fingerprint density at radius 1 is 1.25 bits per heavy atom.